The third-order valence-electron chi connectivity index (χ3n) is 2.35. The van der Waals surface area contributed by atoms with E-state index in [0.29, 0.717) is 10.8 Å². The number of thioether (sulfide) groups is 1. The number of halogens is 1. The molecule has 0 spiro atoms. The molecule has 6 heteroatoms. The smallest absolute Gasteiger partial charge is 0.176 e. The largest absolute Gasteiger partial charge is 0.496 e. The first-order chi connectivity index (χ1) is 9.20. The van der Waals surface area contributed by atoms with Gasteiger partial charge in [0.1, 0.15) is 16.6 Å². The first kappa shape index (κ1) is 13.5. The Kier molecular flexibility index (Phi) is 4.46. The Hall–Kier alpha value is -1.95. The van der Waals surface area contributed by atoms with Crippen LogP contribution in [0.3, 0.4) is 0 Å². The normalized spacial score (nSPS) is 10.2. The van der Waals surface area contributed by atoms with E-state index in [1.807, 2.05) is 0 Å². The van der Waals surface area contributed by atoms with Gasteiger partial charge in [0, 0.05) is 12.4 Å². The maximum atomic E-state index is 13.2. The number of ether oxygens (including phenoxy) is 1. The van der Waals surface area contributed by atoms with Crippen molar-refractivity contribution in [3.63, 3.8) is 0 Å². The molecule has 19 heavy (non-hydrogen) atoms. The van der Waals surface area contributed by atoms with Gasteiger partial charge in [0.25, 0.3) is 0 Å². The number of methoxy groups -OCH3 is 1. The Bertz CT molecular complexity index is 578. The lowest BCUT2D eigenvalue weighted by atomic mass is 10.1. The molecule has 1 aromatic carbocycles. The van der Waals surface area contributed by atoms with E-state index in [1.54, 1.807) is 18.6 Å². The summed E-state index contributed by atoms with van der Waals surface area (Å²) in [6, 6.07) is 3.87. The average molecular weight is 278 g/mol. The highest BCUT2D eigenvalue weighted by Crippen LogP contribution is 2.23. The summed E-state index contributed by atoms with van der Waals surface area (Å²) in [5.41, 5.74) is 0.235. The lowest BCUT2D eigenvalue weighted by Crippen LogP contribution is -2.05. The Balaban J connectivity index is 2.10. The van der Waals surface area contributed by atoms with Gasteiger partial charge in [-0.3, -0.25) is 9.78 Å². The first-order valence-corrected chi connectivity index (χ1v) is 6.45. The van der Waals surface area contributed by atoms with E-state index in [1.165, 1.54) is 37.1 Å². The third-order valence-corrected chi connectivity index (χ3v) is 3.27. The molecule has 0 saturated heterocycles. The van der Waals surface area contributed by atoms with Gasteiger partial charge in [-0.1, -0.05) is 11.8 Å². The number of nitrogens with zero attached hydrogens (tertiary/aromatic N) is 2. The molecular weight excluding hydrogens is 267 g/mol. The molecule has 0 aliphatic carbocycles. The molecule has 0 unspecified atom stereocenters. The molecule has 1 heterocycles. The number of carbonyl (C=O) groups excluding carboxylic acids is 1. The molecule has 98 valence electrons. The van der Waals surface area contributed by atoms with Crippen molar-refractivity contribution in [1.82, 2.24) is 9.97 Å². The van der Waals surface area contributed by atoms with Crippen molar-refractivity contribution in [2.45, 2.75) is 5.03 Å². The maximum Gasteiger partial charge on any atom is 0.176 e. The van der Waals surface area contributed by atoms with E-state index < -0.39 is 5.82 Å². The van der Waals surface area contributed by atoms with Gasteiger partial charge in [-0.15, -0.1) is 0 Å². The third kappa shape index (κ3) is 3.51. The van der Waals surface area contributed by atoms with Gasteiger partial charge < -0.3 is 4.74 Å². The minimum absolute atomic E-state index is 0.151. The fraction of sp³-hybridized carbons (Fsp3) is 0.154. The van der Waals surface area contributed by atoms with Crippen molar-refractivity contribution in [2.24, 2.45) is 0 Å². The molecule has 0 fully saturated rings. The second-order valence-electron chi connectivity index (χ2n) is 3.60. The van der Waals surface area contributed by atoms with Gasteiger partial charge in [-0.05, 0) is 18.2 Å². The number of hydrogen-bond acceptors (Lipinski definition) is 5. The summed E-state index contributed by atoms with van der Waals surface area (Å²) < 4.78 is 18.2. The van der Waals surface area contributed by atoms with Crippen LogP contribution in [0, 0.1) is 5.82 Å². The fourth-order valence-corrected chi connectivity index (χ4v) is 2.18. The Morgan fingerprint density at radius 2 is 2.26 bits per heavy atom. The van der Waals surface area contributed by atoms with E-state index in [-0.39, 0.29) is 17.1 Å². The van der Waals surface area contributed by atoms with Crippen molar-refractivity contribution in [1.29, 1.82) is 0 Å². The fourth-order valence-electron chi connectivity index (χ4n) is 1.48. The number of benzene rings is 1. The Labute approximate surface area is 114 Å². The lowest BCUT2D eigenvalue weighted by molar-refractivity contribution is 0.101. The van der Waals surface area contributed by atoms with Crippen molar-refractivity contribution in [2.75, 3.05) is 12.9 Å². The van der Waals surface area contributed by atoms with Crippen LogP contribution in [0.2, 0.25) is 0 Å². The summed E-state index contributed by atoms with van der Waals surface area (Å²) in [7, 11) is 1.44. The zero-order valence-corrected chi connectivity index (χ0v) is 11.0. The standard InChI is InChI=1S/C13H11FN2O2S/c1-18-12-3-2-9(14)6-10(12)11(17)8-19-13-7-15-4-5-16-13/h2-7H,8H2,1H3. The van der Waals surface area contributed by atoms with Crippen LogP contribution in [-0.4, -0.2) is 28.6 Å². The van der Waals surface area contributed by atoms with E-state index in [2.05, 4.69) is 9.97 Å². The number of Topliss-reactive ketones (excluding diaryl/α,β-unsaturated/α-hetero) is 1. The topological polar surface area (TPSA) is 52.1 Å². The summed E-state index contributed by atoms with van der Waals surface area (Å²) in [5, 5.41) is 0.645. The molecule has 1 aromatic heterocycles. The van der Waals surface area contributed by atoms with E-state index in [4.69, 9.17) is 4.74 Å². The lowest BCUT2D eigenvalue weighted by Gasteiger charge is -2.07. The van der Waals surface area contributed by atoms with E-state index in [9.17, 15) is 9.18 Å². The predicted octanol–water partition coefficient (Wildman–Crippen LogP) is 2.60. The summed E-state index contributed by atoms with van der Waals surface area (Å²) in [4.78, 5) is 20.0. The summed E-state index contributed by atoms with van der Waals surface area (Å²) >= 11 is 1.25. The van der Waals surface area contributed by atoms with Crippen molar-refractivity contribution in [3.8, 4) is 5.75 Å². The van der Waals surface area contributed by atoms with Crippen molar-refractivity contribution < 1.29 is 13.9 Å². The molecule has 0 saturated carbocycles. The van der Waals surface area contributed by atoms with Crippen LogP contribution in [0.15, 0.2) is 41.8 Å². The van der Waals surface area contributed by atoms with E-state index >= 15 is 0 Å². The number of hydrogen-bond donors (Lipinski definition) is 0. The van der Waals surface area contributed by atoms with Gasteiger partial charge in [0.2, 0.25) is 0 Å². The van der Waals surface area contributed by atoms with Crippen LogP contribution in [0.4, 0.5) is 4.39 Å². The van der Waals surface area contributed by atoms with Crippen LogP contribution in [0.5, 0.6) is 5.75 Å². The summed E-state index contributed by atoms with van der Waals surface area (Å²) in [6.45, 7) is 0. The average Bonchev–Trinajstić information content (AvgIpc) is 2.46. The highest BCUT2D eigenvalue weighted by Gasteiger charge is 2.14. The van der Waals surface area contributed by atoms with Crippen LogP contribution in [0.25, 0.3) is 0 Å². The van der Waals surface area contributed by atoms with E-state index in [0.717, 1.165) is 0 Å². The van der Waals surface area contributed by atoms with Gasteiger partial charge in [-0.2, -0.15) is 0 Å². The molecule has 0 amide bonds. The predicted molar refractivity (Wildman–Crippen MR) is 70.0 cm³/mol. The maximum absolute atomic E-state index is 13.2. The molecule has 2 rings (SSSR count). The van der Waals surface area contributed by atoms with Crippen LogP contribution in [-0.2, 0) is 0 Å². The first-order valence-electron chi connectivity index (χ1n) is 5.46. The van der Waals surface area contributed by atoms with Crippen molar-refractivity contribution >= 4 is 17.5 Å². The monoisotopic (exact) mass is 278 g/mol. The Morgan fingerprint density at radius 3 is 2.95 bits per heavy atom. The molecule has 0 bridgehead atoms. The zero-order valence-electron chi connectivity index (χ0n) is 10.2. The zero-order chi connectivity index (χ0) is 13.7. The number of ketones is 1. The molecule has 4 nitrogen and oxygen atoms in total. The molecule has 0 aliphatic rings. The quantitative estimate of drug-likeness (QED) is 0.621. The van der Waals surface area contributed by atoms with Crippen LogP contribution < -0.4 is 4.74 Å². The van der Waals surface area contributed by atoms with Gasteiger partial charge >= 0.3 is 0 Å². The van der Waals surface area contributed by atoms with Gasteiger partial charge in [-0.25, -0.2) is 9.37 Å². The highest BCUT2D eigenvalue weighted by atomic mass is 32.2. The number of rotatable bonds is 5. The van der Waals surface area contributed by atoms with Gasteiger partial charge in [0.05, 0.1) is 24.6 Å². The molecule has 2 aromatic rings. The minimum atomic E-state index is -0.464. The SMILES string of the molecule is COc1ccc(F)cc1C(=O)CSc1cnccn1. The van der Waals surface area contributed by atoms with Crippen LogP contribution in [0.1, 0.15) is 10.4 Å². The Morgan fingerprint density at radius 1 is 1.42 bits per heavy atom. The number of carbonyl (C=O) groups is 1. The van der Waals surface area contributed by atoms with Crippen LogP contribution >= 0.6 is 11.8 Å². The second-order valence-corrected chi connectivity index (χ2v) is 4.60. The summed E-state index contributed by atoms with van der Waals surface area (Å²) in [6.07, 6.45) is 4.68. The van der Waals surface area contributed by atoms with Crippen molar-refractivity contribution in [3.05, 3.63) is 48.2 Å². The van der Waals surface area contributed by atoms with Gasteiger partial charge in [0.15, 0.2) is 5.78 Å². The molecule has 0 N–H and O–H groups in total. The highest BCUT2D eigenvalue weighted by molar-refractivity contribution is 7.99. The molecule has 0 atom stereocenters. The molecule has 0 aliphatic heterocycles. The molecule has 0 radical (unpaired) electrons. The second kappa shape index (κ2) is 6.29. The summed E-state index contributed by atoms with van der Waals surface area (Å²) in [5.74, 6) is -0.162. The minimum Gasteiger partial charge on any atom is -0.496 e. The number of aromatic nitrogens is 2. The molecular formula is C13H11FN2O2S.